The number of fused-ring (bicyclic) bond motifs is 1. The Labute approximate surface area is 159 Å². The van der Waals surface area contributed by atoms with Crippen molar-refractivity contribution < 1.29 is 29.2 Å². The molecule has 1 fully saturated rings. The van der Waals surface area contributed by atoms with Crippen LogP contribution in [-0.4, -0.2) is 26.6 Å². The summed E-state index contributed by atoms with van der Waals surface area (Å²) in [6, 6.07) is 7.23. The maximum absolute atomic E-state index is 13.4. The summed E-state index contributed by atoms with van der Waals surface area (Å²) < 4.78 is 19.1. The largest absolute Gasteiger partial charge is 0.504 e. The Bertz CT molecular complexity index is 1090. The number of benzene rings is 2. The molecule has 7 heteroatoms. The molecule has 0 spiro atoms. The fraction of sp³-hybridized carbons (Fsp3) is 0.286. The number of hydrogen-bond donors (Lipinski definition) is 4. The first-order valence-corrected chi connectivity index (χ1v) is 9.04. The molecule has 0 radical (unpaired) electrons. The average Bonchev–Trinajstić information content (AvgIpc) is 2.68. The van der Waals surface area contributed by atoms with E-state index in [2.05, 4.69) is 0 Å². The molecule has 28 heavy (non-hydrogen) atoms. The van der Waals surface area contributed by atoms with Gasteiger partial charge in [0.2, 0.25) is 11.2 Å². The van der Waals surface area contributed by atoms with Crippen molar-refractivity contribution in [2.24, 2.45) is 0 Å². The van der Waals surface area contributed by atoms with E-state index in [9.17, 15) is 29.6 Å². The predicted octanol–water partition coefficient (Wildman–Crippen LogP) is 4.28. The van der Waals surface area contributed by atoms with Gasteiger partial charge in [0.15, 0.2) is 23.0 Å². The molecule has 0 unspecified atom stereocenters. The third-order valence-corrected chi connectivity index (χ3v) is 5.35. The van der Waals surface area contributed by atoms with E-state index in [1.165, 1.54) is 0 Å². The maximum atomic E-state index is 13.4. The van der Waals surface area contributed by atoms with E-state index >= 15 is 0 Å². The molecule has 1 aliphatic rings. The van der Waals surface area contributed by atoms with Gasteiger partial charge in [0.1, 0.15) is 11.8 Å². The fourth-order valence-corrected chi connectivity index (χ4v) is 3.77. The van der Waals surface area contributed by atoms with Crippen LogP contribution in [0.3, 0.4) is 0 Å². The Morgan fingerprint density at radius 2 is 1.54 bits per heavy atom. The quantitative estimate of drug-likeness (QED) is 0.489. The number of rotatable bonds is 2. The molecule has 6 nitrogen and oxygen atoms in total. The van der Waals surface area contributed by atoms with E-state index in [1.54, 1.807) is 18.2 Å². The molecule has 0 bridgehead atoms. The maximum Gasteiger partial charge on any atom is 0.235 e. The molecule has 2 aromatic carbocycles. The lowest BCUT2D eigenvalue weighted by Gasteiger charge is -2.24. The molecule has 1 aromatic heterocycles. The lowest BCUT2D eigenvalue weighted by Crippen LogP contribution is -2.13. The number of alkyl halides is 1. The summed E-state index contributed by atoms with van der Waals surface area (Å²) >= 11 is 0. The molecule has 4 rings (SSSR count). The summed E-state index contributed by atoms with van der Waals surface area (Å²) in [6.07, 6.45) is 1.65. The van der Waals surface area contributed by atoms with Crippen LogP contribution >= 0.6 is 0 Å². The van der Waals surface area contributed by atoms with Crippen LogP contribution in [0, 0.1) is 0 Å². The first-order valence-electron chi connectivity index (χ1n) is 9.04. The van der Waals surface area contributed by atoms with Crippen molar-refractivity contribution in [3.63, 3.8) is 0 Å². The third kappa shape index (κ3) is 3.02. The number of phenolic OH excluding ortho intramolecular Hbond substituents is 3. The number of hydrogen-bond acceptors (Lipinski definition) is 6. The Balaban J connectivity index is 1.84. The molecule has 0 atom stereocenters. The lowest BCUT2D eigenvalue weighted by atomic mass is 9.83. The molecule has 0 saturated heterocycles. The highest BCUT2D eigenvalue weighted by Crippen LogP contribution is 2.41. The van der Waals surface area contributed by atoms with Crippen LogP contribution in [-0.2, 0) is 0 Å². The van der Waals surface area contributed by atoms with E-state index in [1.807, 2.05) is 0 Å². The summed E-state index contributed by atoms with van der Waals surface area (Å²) in [6.45, 7) is 0. The van der Waals surface area contributed by atoms with E-state index in [-0.39, 0.29) is 28.2 Å². The normalized spacial score (nSPS) is 19.8. The van der Waals surface area contributed by atoms with Gasteiger partial charge in [0.25, 0.3) is 0 Å². The zero-order valence-corrected chi connectivity index (χ0v) is 14.9. The highest BCUT2D eigenvalue weighted by Gasteiger charge is 2.23. The molecule has 1 aliphatic carbocycles. The van der Waals surface area contributed by atoms with Gasteiger partial charge in [0, 0.05) is 5.56 Å². The second-order valence-electron chi connectivity index (χ2n) is 7.18. The standard InChI is InChI=1S/C21H19FO6/c22-13-4-1-10(2-5-13)11-3-6-14-17(9-11)28-21(20(27)18(14)25)12-7-15(23)19(26)16(24)8-12/h3,6-10,13,23-24,26-27H,1-2,4-5H2. The summed E-state index contributed by atoms with van der Waals surface area (Å²) in [7, 11) is 0. The highest BCUT2D eigenvalue weighted by atomic mass is 19.1. The van der Waals surface area contributed by atoms with Gasteiger partial charge in [-0.15, -0.1) is 0 Å². The van der Waals surface area contributed by atoms with Crippen molar-refractivity contribution in [1.82, 2.24) is 0 Å². The predicted molar refractivity (Wildman–Crippen MR) is 101 cm³/mol. The van der Waals surface area contributed by atoms with E-state index in [0.29, 0.717) is 25.7 Å². The fourth-order valence-electron chi connectivity index (χ4n) is 3.77. The van der Waals surface area contributed by atoms with Gasteiger partial charge < -0.3 is 24.8 Å². The molecule has 0 amide bonds. The van der Waals surface area contributed by atoms with Crippen LogP contribution < -0.4 is 5.43 Å². The Hall–Kier alpha value is -3.22. The molecule has 146 valence electrons. The summed E-state index contributed by atoms with van der Waals surface area (Å²) in [5.41, 5.74) is 0.551. The summed E-state index contributed by atoms with van der Waals surface area (Å²) in [4.78, 5) is 12.6. The van der Waals surface area contributed by atoms with E-state index in [4.69, 9.17) is 4.42 Å². The van der Waals surface area contributed by atoms with Crippen molar-refractivity contribution in [3.05, 3.63) is 46.1 Å². The number of halogens is 1. The average molecular weight is 386 g/mol. The molecular weight excluding hydrogens is 367 g/mol. The van der Waals surface area contributed by atoms with Gasteiger partial charge in [0.05, 0.1) is 5.39 Å². The lowest BCUT2D eigenvalue weighted by molar-refractivity contribution is 0.235. The second-order valence-corrected chi connectivity index (χ2v) is 7.18. The van der Waals surface area contributed by atoms with Gasteiger partial charge in [-0.3, -0.25) is 4.79 Å². The van der Waals surface area contributed by atoms with Gasteiger partial charge in [-0.05, 0) is 61.4 Å². The van der Waals surface area contributed by atoms with Gasteiger partial charge in [-0.25, -0.2) is 4.39 Å². The number of aromatic hydroxyl groups is 4. The zero-order valence-electron chi connectivity index (χ0n) is 14.9. The van der Waals surface area contributed by atoms with Crippen molar-refractivity contribution in [1.29, 1.82) is 0 Å². The SMILES string of the molecule is O=c1c(O)c(-c2cc(O)c(O)c(O)c2)oc2cc(C3CCC(F)CC3)ccc12. The minimum absolute atomic E-state index is 0.0349. The first-order chi connectivity index (χ1) is 13.3. The topological polar surface area (TPSA) is 111 Å². The first kappa shape index (κ1) is 18.2. The van der Waals surface area contributed by atoms with Crippen LogP contribution in [0.25, 0.3) is 22.3 Å². The molecule has 1 saturated carbocycles. The molecule has 0 aliphatic heterocycles. The molecule has 1 heterocycles. The summed E-state index contributed by atoms with van der Waals surface area (Å²) in [5.74, 6) is -2.67. The van der Waals surface area contributed by atoms with Crippen LogP contribution in [0.15, 0.2) is 39.5 Å². The highest BCUT2D eigenvalue weighted by molar-refractivity contribution is 5.83. The Kier molecular flexibility index (Phi) is 4.37. The van der Waals surface area contributed by atoms with Crippen LogP contribution in [0.5, 0.6) is 23.0 Å². The zero-order chi connectivity index (χ0) is 20.0. The molecular formula is C21H19FO6. The minimum atomic E-state index is -0.770. The Morgan fingerprint density at radius 3 is 2.18 bits per heavy atom. The minimum Gasteiger partial charge on any atom is -0.504 e. The third-order valence-electron chi connectivity index (χ3n) is 5.35. The monoisotopic (exact) mass is 386 g/mol. The van der Waals surface area contributed by atoms with Crippen LogP contribution in [0.2, 0.25) is 0 Å². The number of phenols is 3. The molecule has 4 N–H and O–H groups in total. The van der Waals surface area contributed by atoms with Crippen molar-refractivity contribution in [2.75, 3.05) is 0 Å². The second kappa shape index (κ2) is 6.74. The van der Waals surface area contributed by atoms with Crippen molar-refractivity contribution >= 4 is 11.0 Å². The Morgan fingerprint density at radius 1 is 0.893 bits per heavy atom. The van der Waals surface area contributed by atoms with E-state index in [0.717, 1.165) is 17.7 Å². The smallest absolute Gasteiger partial charge is 0.235 e. The van der Waals surface area contributed by atoms with Crippen molar-refractivity contribution in [2.45, 2.75) is 37.8 Å². The van der Waals surface area contributed by atoms with Crippen LogP contribution in [0.4, 0.5) is 4.39 Å². The van der Waals surface area contributed by atoms with Crippen molar-refractivity contribution in [3.8, 4) is 34.3 Å². The van der Waals surface area contributed by atoms with Gasteiger partial charge >= 0.3 is 0 Å². The summed E-state index contributed by atoms with van der Waals surface area (Å²) in [5, 5.41) is 39.4. The molecule has 3 aromatic rings. The van der Waals surface area contributed by atoms with Gasteiger partial charge in [-0.2, -0.15) is 0 Å². The van der Waals surface area contributed by atoms with Gasteiger partial charge in [-0.1, -0.05) is 6.07 Å². The van der Waals surface area contributed by atoms with E-state index < -0.39 is 34.6 Å². The van der Waals surface area contributed by atoms with Crippen LogP contribution in [0.1, 0.15) is 37.2 Å².